The molecule has 0 fully saturated rings. The molecule has 3 nitrogen and oxygen atoms in total. The van der Waals surface area contributed by atoms with E-state index in [2.05, 4.69) is 19.2 Å². The molecule has 1 rings (SSSR count). The zero-order valence-electron chi connectivity index (χ0n) is 9.46. The first-order valence-electron chi connectivity index (χ1n) is 5.37. The predicted octanol–water partition coefficient (Wildman–Crippen LogP) is 3.64. The Morgan fingerprint density at radius 2 is 2.06 bits per heavy atom. The first kappa shape index (κ1) is 12.8. The summed E-state index contributed by atoms with van der Waals surface area (Å²) in [6.45, 7) is 4.20. The number of carbonyl (C=O) groups is 1. The van der Waals surface area contributed by atoms with Gasteiger partial charge in [-0.1, -0.05) is 25.4 Å². The molecule has 0 bridgehead atoms. The number of benzene rings is 1. The minimum Gasteiger partial charge on any atom is -0.478 e. The van der Waals surface area contributed by atoms with E-state index < -0.39 is 5.97 Å². The van der Waals surface area contributed by atoms with E-state index in [1.165, 1.54) is 6.07 Å². The first-order valence-corrected chi connectivity index (χ1v) is 5.75. The summed E-state index contributed by atoms with van der Waals surface area (Å²) < 4.78 is 0. The van der Waals surface area contributed by atoms with Crippen molar-refractivity contribution in [3.63, 3.8) is 0 Å². The van der Waals surface area contributed by atoms with Crippen LogP contribution in [0.5, 0.6) is 0 Å². The van der Waals surface area contributed by atoms with Gasteiger partial charge < -0.3 is 10.4 Å². The van der Waals surface area contributed by atoms with Crippen molar-refractivity contribution in [2.24, 2.45) is 0 Å². The highest BCUT2D eigenvalue weighted by molar-refractivity contribution is 6.33. The molecule has 0 saturated carbocycles. The van der Waals surface area contributed by atoms with E-state index in [1.807, 2.05) is 0 Å². The molecule has 0 radical (unpaired) electrons. The van der Waals surface area contributed by atoms with Gasteiger partial charge in [-0.05, 0) is 31.0 Å². The average Bonchev–Trinajstić information content (AvgIpc) is 2.27. The van der Waals surface area contributed by atoms with E-state index >= 15 is 0 Å². The third-order valence-electron chi connectivity index (χ3n) is 2.56. The SMILES string of the molecule is CCC(CC)Nc1ccc(C(=O)O)cc1Cl. The average molecular weight is 242 g/mol. The van der Waals surface area contributed by atoms with Gasteiger partial charge in [0.05, 0.1) is 16.3 Å². The standard InChI is InChI=1S/C12H16ClNO2/c1-3-9(4-2)14-11-6-5-8(12(15)16)7-10(11)13/h5-7,9,14H,3-4H2,1-2H3,(H,15,16). The quantitative estimate of drug-likeness (QED) is 0.828. The molecule has 4 heteroatoms. The highest BCUT2D eigenvalue weighted by Crippen LogP contribution is 2.24. The van der Waals surface area contributed by atoms with E-state index in [4.69, 9.17) is 16.7 Å². The fourth-order valence-corrected chi connectivity index (χ4v) is 1.71. The van der Waals surface area contributed by atoms with Gasteiger partial charge in [0.2, 0.25) is 0 Å². The summed E-state index contributed by atoms with van der Waals surface area (Å²) in [4.78, 5) is 10.7. The Morgan fingerprint density at radius 3 is 2.50 bits per heavy atom. The van der Waals surface area contributed by atoms with Gasteiger partial charge >= 0.3 is 5.97 Å². The minimum atomic E-state index is -0.962. The summed E-state index contributed by atoms with van der Waals surface area (Å²) in [5.41, 5.74) is 1.00. The van der Waals surface area contributed by atoms with Crippen LogP contribution in [0.25, 0.3) is 0 Å². The van der Waals surface area contributed by atoms with E-state index in [0.717, 1.165) is 18.5 Å². The summed E-state index contributed by atoms with van der Waals surface area (Å²) in [6.07, 6.45) is 2.01. The molecule has 0 spiro atoms. The van der Waals surface area contributed by atoms with Crippen LogP contribution in [0.3, 0.4) is 0 Å². The Labute approximate surface area is 100 Å². The number of halogens is 1. The summed E-state index contributed by atoms with van der Waals surface area (Å²) in [5.74, 6) is -0.962. The smallest absolute Gasteiger partial charge is 0.335 e. The van der Waals surface area contributed by atoms with Crippen LogP contribution in [0.4, 0.5) is 5.69 Å². The third kappa shape index (κ3) is 3.14. The normalized spacial score (nSPS) is 10.5. The molecule has 1 aromatic carbocycles. The predicted molar refractivity (Wildman–Crippen MR) is 66.4 cm³/mol. The topological polar surface area (TPSA) is 49.3 Å². The van der Waals surface area contributed by atoms with E-state index in [-0.39, 0.29) is 5.56 Å². The first-order chi connectivity index (χ1) is 7.58. The van der Waals surface area contributed by atoms with Crippen molar-refractivity contribution >= 4 is 23.3 Å². The molecule has 1 aromatic rings. The molecule has 0 unspecified atom stereocenters. The van der Waals surface area contributed by atoms with E-state index in [0.29, 0.717) is 11.1 Å². The molecule has 16 heavy (non-hydrogen) atoms. The van der Waals surface area contributed by atoms with Crippen LogP contribution in [0.15, 0.2) is 18.2 Å². The lowest BCUT2D eigenvalue weighted by atomic mass is 10.1. The van der Waals surface area contributed by atoms with Crippen molar-refractivity contribution in [2.75, 3.05) is 5.32 Å². The number of carboxylic acids is 1. The fourth-order valence-electron chi connectivity index (χ4n) is 1.48. The zero-order chi connectivity index (χ0) is 12.1. The van der Waals surface area contributed by atoms with Crippen LogP contribution in [0.2, 0.25) is 5.02 Å². The molecule has 0 aliphatic rings. The van der Waals surface area contributed by atoms with Crippen molar-refractivity contribution in [1.82, 2.24) is 0 Å². The van der Waals surface area contributed by atoms with Gasteiger partial charge in [-0.3, -0.25) is 0 Å². The van der Waals surface area contributed by atoms with Crippen LogP contribution in [-0.2, 0) is 0 Å². The summed E-state index contributed by atoms with van der Waals surface area (Å²) in [6, 6.07) is 5.10. The summed E-state index contributed by atoms with van der Waals surface area (Å²) in [7, 11) is 0. The lowest BCUT2D eigenvalue weighted by Crippen LogP contribution is -2.17. The zero-order valence-corrected chi connectivity index (χ0v) is 10.2. The molecule has 0 aliphatic carbocycles. The van der Waals surface area contributed by atoms with Crippen molar-refractivity contribution < 1.29 is 9.90 Å². The maximum absolute atomic E-state index is 10.7. The molecule has 0 saturated heterocycles. The number of rotatable bonds is 5. The molecular formula is C12H16ClNO2. The van der Waals surface area contributed by atoms with Crippen LogP contribution < -0.4 is 5.32 Å². The van der Waals surface area contributed by atoms with Gasteiger partial charge in [-0.2, -0.15) is 0 Å². The van der Waals surface area contributed by atoms with E-state index in [9.17, 15) is 4.79 Å². The second kappa shape index (κ2) is 5.75. The maximum atomic E-state index is 10.7. The Morgan fingerprint density at radius 1 is 1.44 bits per heavy atom. The second-order valence-electron chi connectivity index (χ2n) is 3.66. The lowest BCUT2D eigenvalue weighted by Gasteiger charge is -2.17. The van der Waals surface area contributed by atoms with Crippen LogP contribution in [-0.4, -0.2) is 17.1 Å². The molecule has 0 amide bonds. The lowest BCUT2D eigenvalue weighted by molar-refractivity contribution is 0.0697. The highest BCUT2D eigenvalue weighted by atomic mass is 35.5. The van der Waals surface area contributed by atoms with Crippen LogP contribution >= 0.6 is 11.6 Å². The molecule has 0 atom stereocenters. The Kier molecular flexibility index (Phi) is 4.62. The van der Waals surface area contributed by atoms with Crippen LogP contribution in [0, 0.1) is 0 Å². The van der Waals surface area contributed by atoms with Gasteiger partial charge in [0.25, 0.3) is 0 Å². The van der Waals surface area contributed by atoms with Crippen molar-refractivity contribution in [1.29, 1.82) is 0 Å². The van der Waals surface area contributed by atoms with Crippen molar-refractivity contribution in [3.05, 3.63) is 28.8 Å². The number of nitrogens with one attached hydrogen (secondary N) is 1. The van der Waals surface area contributed by atoms with Crippen molar-refractivity contribution in [2.45, 2.75) is 32.7 Å². The number of aromatic carboxylic acids is 1. The van der Waals surface area contributed by atoms with Crippen molar-refractivity contribution in [3.8, 4) is 0 Å². The monoisotopic (exact) mass is 241 g/mol. The molecule has 0 aromatic heterocycles. The van der Waals surface area contributed by atoms with Gasteiger partial charge in [-0.25, -0.2) is 4.79 Å². The molecule has 0 heterocycles. The molecule has 0 aliphatic heterocycles. The fraction of sp³-hybridized carbons (Fsp3) is 0.417. The Balaban J connectivity index is 2.86. The third-order valence-corrected chi connectivity index (χ3v) is 2.87. The number of carboxylic acid groups (broad SMARTS) is 1. The molecule has 2 N–H and O–H groups in total. The highest BCUT2D eigenvalue weighted by Gasteiger charge is 2.09. The largest absolute Gasteiger partial charge is 0.478 e. The van der Waals surface area contributed by atoms with Gasteiger partial charge in [0, 0.05) is 6.04 Å². The number of anilines is 1. The maximum Gasteiger partial charge on any atom is 0.335 e. The summed E-state index contributed by atoms with van der Waals surface area (Å²) >= 11 is 6.01. The molecule has 88 valence electrons. The van der Waals surface area contributed by atoms with E-state index in [1.54, 1.807) is 12.1 Å². The van der Waals surface area contributed by atoms with Gasteiger partial charge in [-0.15, -0.1) is 0 Å². The number of hydrogen-bond acceptors (Lipinski definition) is 2. The van der Waals surface area contributed by atoms with Gasteiger partial charge in [0.15, 0.2) is 0 Å². The molecular weight excluding hydrogens is 226 g/mol. The van der Waals surface area contributed by atoms with Gasteiger partial charge in [0.1, 0.15) is 0 Å². The number of hydrogen-bond donors (Lipinski definition) is 2. The second-order valence-corrected chi connectivity index (χ2v) is 4.06. The summed E-state index contributed by atoms with van der Waals surface area (Å²) in [5, 5.41) is 12.5. The minimum absolute atomic E-state index is 0.208. The Bertz CT molecular complexity index is 375. The van der Waals surface area contributed by atoms with Crippen LogP contribution in [0.1, 0.15) is 37.0 Å². The Hall–Kier alpha value is -1.22.